The van der Waals surface area contributed by atoms with Gasteiger partial charge in [-0.3, -0.25) is 9.59 Å². The Bertz CT molecular complexity index is 389. The number of nitrogens with zero attached hydrogens (tertiary/aromatic N) is 2. The van der Waals surface area contributed by atoms with E-state index in [1.54, 1.807) is 0 Å². The topological polar surface area (TPSA) is 98.0 Å². The largest absolute Gasteiger partial charge is 0.368 e. The summed E-state index contributed by atoms with van der Waals surface area (Å²) in [5, 5.41) is 2.85. The first-order chi connectivity index (χ1) is 8.02. The highest BCUT2D eigenvalue weighted by Crippen LogP contribution is 2.09. The van der Waals surface area contributed by atoms with Crippen LogP contribution in [0.1, 0.15) is 30.6 Å². The summed E-state index contributed by atoms with van der Waals surface area (Å²) in [5.74, 6) is 0.177. The van der Waals surface area contributed by atoms with Gasteiger partial charge in [0.1, 0.15) is 6.04 Å². The molecule has 1 atom stereocenters. The zero-order valence-electron chi connectivity index (χ0n) is 9.88. The molecule has 6 nitrogen and oxygen atoms in total. The molecule has 0 radical (unpaired) electrons. The summed E-state index contributed by atoms with van der Waals surface area (Å²) in [6.07, 6.45) is 4.03. The van der Waals surface area contributed by atoms with E-state index in [0.29, 0.717) is 30.1 Å². The van der Waals surface area contributed by atoms with E-state index < -0.39 is 11.9 Å². The summed E-state index contributed by atoms with van der Waals surface area (Å²) in [5.41, 5.74) is 5.66. The Morgan fingerprint density at radius 3 is 2.47 bits per heavy atom. The third kappa shape index (κ3) is 4.18. The lowest BCUT2D eigenvalue weighted by molar-refractivity contribution is -0.119. The van der Waals surface area contributed by atoms with Crippen LogP contribution in [0.3, 0.4) is 0 Å². The van der Waals surface area contributed by atoms with Crippen molar-refractivity contribution in [2.24, 2.45) is 11.7 Å². The van der Waals surface area contributed by atoms with E-state index in [-0.39, 0.29) is 0 Å². The molecule has 1 unspecified atom stereocenters. The van der Waals surface area contributed by atoms with Crippen LogP contribution in [0, 0.1) is 5.92 Å². The van der Waals surface area contributed by atoms with Crippen molar-refractivity contribution in [2.75, 3.05) is 5.32 Å². The lowest BCUT2D eigenvalue weighted by Crippen LogP contribution is -2.37. The summed E-state index contributed by atoms with van der Waals surface area (Å²) in [6.45, 7) is 3.99. The molecule has 0 aliphatic carbocycles. The van der Waals surface area contributed by atoms with Crippen LogP contribution in [-0.4, -0.2) is 28.2 Å². The maximum absolute atomic E-state index is 11.2. The van der Waals surface area contributed by atoms with Crippen molar-refractivity contribution in [3.05, 3.63) is 18.0 Å². The van der Waals surface area contributed by atoms with E-state index in [4.69, 9.17) is 5.73 Å². The van der Waals surface area contributed by atoms with E-state index >= 15 is 0 Å². The number of amides is 1. The standard InChI is InChI=1S/C11H16N4O2/c1-7(2)3-9(10(12)17)15-11-13-4-8(6-16)5-14-11/h4-7,9H,3H2,1-2H3,(H2,12,17)(H,13,14,15). The van der Waals surface area contributed by atoms with Gasteiger partial charge < -0.3 is 11.1 Å². The molecule has 0 bridgehead atoms. The molecule has 0 saturated carbocycles. The van der Waals surface area contributed by atoms with Gasteiger partial charge in [-0.15, -0.1) is 0 Å². The molecule has 0 saturated heterocycles. The fourth-order valence-corrected chi connectivity index (χ4v) is 1.35. The van der Waals surface area contributed by atoms with E-state index in [9.17, 15) is 9.59 Å². The molecule has 0 fully saturated rings. The van der Waals surface area contributed by atoms with Crippen LogP contribution in [-0.2, 0) is 4.79 Å². The van der Waals surface area contributed by atoms with Crippen LogP contribution >= 0.6 is 0 Å². The van der Waals surface area contributed by atoms with Gasteiger partial charge in [0.15, 0.2) is 6.29 Å². The summed E-state index contributed by atoms with van der Waals surface area (Å²) in [7, 11) is 0. The number of hydrogen-bond donors (Lipinski definition) is 2. The number of aromatic nitrogens is 2. The van der Waals surface area contributed by atoms with Crippen molar-refractivity contribution in [3.8, 4) is 0 Å². The van der Waals surface area contributed by atoms with Crippen LogP contribution in [0.5, 0.6) is 0 Å². The first kappa shape index (κ1) is 13.1. The number of nitrogens with two attached hydrogens (primary N) is 1. The van der Waals surface area contributed by atoms with E-state index in [1.165, 1.54) is 12.4 Å². The van der Waals surface area contributed by atoms with Gasteiger partial charge in [0.2, 0.25) is 11.9 Å². The smallest absolute Gasteiger partial charge is 0.240 e. The molecule has 0 aliphatic heterocycles. The molecule has 0 aromatic carbocycles. The van der Waals surface area contributed by atoms with Crippen LogP contribution in [0.25, 0.3) is 0 Å². The van der Waals surface area contributed by atoms with Gasteiger partial charge in [-0.1, -0.05) is 13.8 Å². The molecule has 1 rings (SSSR count). The Labute approximate surface area is 99.6 Å². The summed E-state index contributed by atoms with van der Waals surface area (Å²) in [4.78, 5) is 29.5. The van der Waals surface area contributed by atoms with Gasteiger partial charge in [0.25, 0.3) is 0 Å². The van der Waals surface area contributed by atoms with Crippen LogP contribution in [0.15, 0.2) is 12.4 Å². The number of carbonyl (C=O) groups excluding carboxylic acids is 2. The predicted octanol–water partition coefficient (Wildman–Crippen LogP) is 0.601. The fraction of sp³-hybridized carbons (Fsp3) is 0.455. The molecule has 1 amide bonds. The van der Waals surface area contributed by atoms with Crippen molar-refractivity contribution in [1.82, 2.24) is 9.97 Å². The SMILES string of the molecule is CC(C)CC(Nc1ncc(C=O)cn1)C(N)=O. The van der Waals surface area contributed by atoms with Crippen molar-refractivity contribution in [1.29, 1.82) is 0 Å². The first-order valence-electron chi connectivity index (χ1n) is 5.36. The van der Waals surface area contributed by atoms with Gasteiger partial charge in [-0.2, -0.15) is 0 Å². The zero-order chi connectivity index (χ0) is 12.8. The van der Waals surface area contributed by atoms with E-state index in [1.807, 2.05) is 13.8 Å². The Hall–Kier alpha value is -1.98. The predicted molar refractivity (Wildman–Crippen MR) is 63.5 cm³/mol. The van der Waals surface area contributed by atoms with E-state index in [0.717, 1.165) is 0 Å². The number of primary amides is 1. The highest BCUT2D eigenvalue weighted by atomic mass is 16.1. The molecule has 17 heavy (non-hydrogen) atoms. The van der Waals surface area contributed by atoms with Crippen molar-refractivity contribution < 1.29 is 9.59 Å². The first-order valence-corrected chi connectivity index (χ1v) is 5.36. The average Bonchev–Trinajstić information content (AvgIpc) is 2.28. The second-order valence-electron chi connectivity index (χ2n) is 4.19. The lowest BCUT2D eigenvalue weighted by Gasteiger charge is -2.16. The molecule has 0 aliphatic rings. The normalized spacial score (nSPS) is 12.2. The quantitative estimate of drug-likeness (QED) is 0.705. The molecular formula is C11H16N4O2. The van der Waals surface area contributed by atoms with Crippen LogP contribution in [0.2, 0.25) is 0 Å². The highest BCUT2D eigenvalue weighted by molar-refractivity contribution is 5.82. The molecule has 1 heterocycles. The maximum Gasteiger partial charge on any atom is 0.240 e. The molecule has 3 N–H and O–H groups in total. The molecule has 1 aromatic rings. The lowest BCUT2D eigenvalue weighted by atomic mass is 10.0. The maximum atomic E-state index is 11.2. The summed E-state index contributed by atoms with van der Waals surface area (Å²) >= 11 is 0. The minimum absolute atomic E-state index is 0.292. The third-order valence-electron chi connectivity index (χ3n) is 2.16. The fourth-order valence-electron chi connectivity index (χ4n) is 1.35. The summed E-state index contributed by atoms with van der Waals surface area (Å²) in [6, 6.07) is -0.503. The Balaban J connectivity index is 2.71. The van der Waals surface area contributed by atoms with Crippen molar-refractivity contribution in [2.45, 2.75) is 26.3 Å². The highest BCUT2D eigenvalue weighted by Gasteiger charge is 2.17. The minimum Gasteiger partial charge on any atom is -0.368 e. The Kier molecular flexibility index (Phi) is 4.56. The van der Waals surface area contributed by atoms with E-state index in [2.05, 4.69) is 15.3 Å². The number of rotatable bonds is 6. The third-order valence-corrected chi connectivity index (χ3v) is 2.16. The summed E-state index contributed by atoms with van der Waals surface area (Å²) < 4.78 is 0. The molecule has 6 heteroatoms. The Morgan fingerprint density at radius 1 is 1.47 bits per heavy atom. The molecule has 0 spiro atoms. The second-order valence-corrected chi connectivity index (χ2v) is 4.19. The zero-order valence-corrected chi connectivity index (χ0v) is 9.88. The Morgan fingerprint density at radius 2 is 2.06 bits per heavy atom. The van der Waals surface area contributed by atoms with Gasteiger partial charge >= 0.3 is 0 Å². The number of hydrogen-bond acceptors (Lipinski definition) is 5. The average molecular weight is 236 g/mol. The second kappa shape index (κ2) is 5.93. The minimum atomic E-state index is -0.503. The molecular weight excluding hydrogens is 220 g/mol. The van der Waals surface area contributed by atoms with Crippen molar-refractivity contribution in [3.63, 3.8) is 0 Å². The molecule has 1 aromatic heterocycles. The molecule has 92 valence electrons. The van der Waals surface area contributed by atoms with Gasteiger partial charge in [-0.05, 0) is 12.3 Å². The van der Waals surface area contributed by atoms with Crippen LogP contribution in [0.4, 0.5) is 5.95 Å². The number of carbonyl (C=O) groups is 2. The monoisotopic (exact) mass is 236 g/mol. The van der Waals surface area contributed by atoms with Crippen LogP contribution < -0.4 is 11.1 Å². The van der Waals surface area contributed by atoms with Crippen molar-refractivity contribution >= 4 is 18.1 Å². The van der Waals surface area contributed by atoms with Gasteiger partial charge in [0.05, 0.1) is 5.56 Å². The van der Waals surface area contributed by atoms with Gasteiger partial charge in [0, 0.05) is 12.4 Å². The number of aldehydes is 1. The number of anilines is 1. The number of nitrogens with one attached hydrogen (secondary N) is 1. The van der Waals surface area contributed by atoms with Gasteiger partial charge in [-0.25, -0.2) is 9.97 Å².